The Balaban J connectivity index is 1.62. The lowest BCUT2D eigenvalue weighted by atomic mass is 10.1. The summed E-state index contributed by atoms with van der Waals surface area (Å²) < 4.78 is 5.89. The number of carbonyl (C=O) groups excluding carboxylic acids is 2. The summed E-state index contributed by atoms with van der Waals surface area (Å²) >= 11 is 0. The molecule has 0 saturated carbocycles. The number of ether oxygens (including phenoxy) is 1. The normalized spacial score (nSPS) is 15.1. The van der Waals surface area contributed by atoms with Crippen LogP contribution in [0.2, 0.25) is 0 Å². The molecule has 0 fully saturated rings. The number of carbonyl (C=O) groups is 2. The molecule has 1 aliphatic rings. The van der Waals surface area contributed by atoms with E-state index in [1.54, 1.807) is 16.0 Å². The molecule has 1 aliphatic heterocycles. The van der Waals surface area contributed by atoms with Crippen LogP contribution in [0, 0.1) is 6.92 Å². The molecule has 32 heavy (non-hydrogen) atoms. The van der Waals surface area contributed by atoms with Gasteiger partial charge in [-0.15, -0.1) is 0 Å². The highest BCUT2D eigenvalue weighted by Gasteiger charge is 2.35. The first kappa shape index (κ1) is 21.6. The van der Waals surface area contributed by atoms with Crippen molar-refractivity contribution in [2.75, 3.05) is 11.4 Å². The molecule has 0 N–H and O–H groups in total. The van der Waals surface area contributed by atoms with Gasteiger partial charge in [0.2, 0.25) is 5.91 Å². The van der Waals surface area contributed by atoms with Crippen LogP contribution in [0.25, 0.3) is 0 Å². The molecule has 0 unspecified atom stereocenters. The third-order valence-corrected chi connectivity index (χ3v) is 5.53. The average molecular weight is 430 g/mol. The monoisotopic (exact) mass is 429 g/mol. The molecule has 0 spiro atoms. The molecule has 2 aromatic carbocycles. The van der Waals surface area contributed by atoms with Crippen molar-refractivity contribution in [2.45, 2.75) is 39.5 Å². The number of anilines is 1. The summed E-state index contributed by atoms with van der Waals surface area (Å²) in [7, 11) is 0. The summed E-state index contributed by atoms with van der Waals surface area (Å²) in [5.41, 5.74) is 3.47. The second-order valence-electron chi connectivity index (χ2n) is 7.97. The Bertz CT molecular complexity index is 1040. The predicted octanol–water partition coefficient (Wildman–Crippen LogP) is 4.12. The van der Waals surface area contributed by atoms with E-state index < -0.39 is 6.10 Å². The summed E-state index contributed by atoms with van der Waals surface area (Å²) in [4.78, 5) is 34.3. The minimum atomic E-state index is -0.587. The zero-order chi connectivity index (χ0) is 22.5. The van der Waals surface area contributed by atoms with Crippen LogP contribution in [-0.4, -0.2) is 34.3 Å². The van der Waals surface area contributed by atoms with Crippen LogP contribution in [0.5, 0.6) is 5.75 Å². The Kier molecular flexibility index (Phi) is 6.50. The molecule has 0 aliphatic carbocycles. The zero-order valence-electron chi connectivity index (χ0n) is 18.4. The first-order chi connectivity index (χ1) is 15.5. The largest absolute Gasteiger partial charge is 0.478 e. The number of aromatic nitrogens is 1. The minimum absolute atomic E-state index is 0.0468. The van der Waals surface area contributed by atoms with Gasteiger partial charge in [-0.1, -0.05) is 49.4 Å². The Morgan fingerprint density at radius 2 is 1.84 bits per heavy atom. The average Bonchev–Trinajstić information content (AvgIpc) is 2.81. The van der Waals surface area contributed by atoms with Crippen LogP contribution in [0.4, 0.5) is 5.69 Å². The Hall–Kier alpha value is -3.67. The molecular formula is C26H27N3O3. The summed E-state index contributed by atoms with van der Waals surface area (Å²) in [5, 5.41) is 0. The first-order valence-corrected chi connectivity index (χ1v) is 10.9. The standard InChI is InChI=1S/C26H27N3O3/c1-3-23-26(31)29(22-15-19(2)12-13-24(22)32-23)18-25(30)28(16-20-9-5-4-6-10-20)17-21-11-7-8-14-27-21/h4-15,23H,3,16-18H2,1-2H3/t23-/m1/s1. The van der Waals surface area contributed by atoms with E-state index >= 15 is 0 Å². The molecule has 1 atom stereocenters. The van der Waals surface area contributed by atoms with Crippen LogP contribution in [0.15, 0.2) is 72.9 Å². The van der Waals surface area contributed by atoms with E-state index in [1.807, 2.05) is 80.6 Å². The lowest BCUT2D eigenvalue weighted by Crippen LogP contribution is -2.50. The van der Waals surface area contributed by atoms with Crippen LogP contribution in [0.3, 0.4) is 0 Å². The van der Waals surface area contributed by atoms with Gasteiger partial charge in [0, 0.05) is 12.7 Å². The maximum Gasteiger partial charge on any atom is 0.268 e. The van der Waals surface area contributed by atoms with Gasteiger partial charge < -0.3 is 9.64 Å². The summed E-state index contributed by atoms with van der Waals surface area (Å²) in [5.74, 6) is 0.308. The summed E-state index contributed by atoms with van der Waals surface area (Å²) in [6, 6.07) is 21.2. The molecule has 0 radical (unpaired) electrons. The molecule has 1 aromatic heterocycles. The highest BCUT2D eigenvalue weighted by molar-refractivity contribution is 6.03. The molecule has 164 valence electrons. The highest BCUT2D eigenvalue weighted by atomic mass is 16.5. The van der Waals surface area contributed by atoms with Crippen LogP contribution in [-0.2, 0) is 22.7 Å². The highest BCUT2D eigenvalue weighted by Crippen LogP contribution is 2.35. The molecule has 2 amide bonds. The van der Waals surface area contributed by atoms with Gasteiger partial charge in [0.1, 0.15) is 12.3 Å². The predicted molar refractivity (Wildman–Crippen MR) is 123 cm³/mol. The van der Waals surface area contributed by atoms with Gasteiger partial charge in [0.15, 0.2) is 6.10 Å². The van der Waals surface area contributed by atoms with E-state index in [9.17, 15) is 9.59 Å². The van der Waals surface area contributed by atoms with Crippen molar-refractivity contribution in [3.63, 3.8) is 0 Å². The van der Waals surface area contributed by atoms with E-state index in [0.29, 0.717) is 30.9 Å². The molecule has 4 rings (SSSR count). The van der Waals surface area contributed by atoms with E-state index in [4.69, 9.17) is 4.74 Å². The number of pyridine rings is 1. The third-order valence-electron chi connectivity index (χ3n) is 5.53. The zero-order valence-corrected chi connectivity index (χ0v) is 18.4. The summed E-state index contributed by atoms with van der Waals surface area (Å²) in [6.07, 6.45) is 1.67. The molecule has 3 aromatic rings. The van der Waals surface area contributed by atoms with Crippen molar-refractivity contribution < 1.29 is 14.3 Å². The van der Waals surface area contributed by atoms with Crippen molar-refractivity contribution in [3.8, 4) is 5.75 Å². The van der Waals surface area contributed by atoms with Crippen LogP contribution in [0.1, 0.15) is 30.2 Å². The Morgan fingerprint density at radius 1 is 1.06 bits per heavy atom. The van der Waals surface area contributed by atoms with E-state index in [1.165, 1.54) is 0 Å². The maximum atomic E-state index is 13.5. The van der Waals surface area contributed by atoms with Gasteiger partial charge in [-0.05, 0) is 48.7 Å². The fourth-order valence-electron chi connectivity index (χ4n) is 3.81. The van der Waals surface area contributed by atoms with Gasteiger partial charge >= 0.3 is 0 Å². The molecule has 6 nitrogen and oxygen atoms in total. The smallest absolute Gasteiger partial charge is 0.268 e. The number of amides is 2. The third kappa shape index (κ3) is 4.80. The lowest BCUT2D eigenvalue weighted by molar-refractivity contribution is -0.134. The number of rotatable bonds is 7. The molecule has 6 heteroatoms. The van der Waals surface area contributed by atoms with E-state index in [0.717, 1.165) is 16.8 Å². The topological polar surface area (TPSA) is 62.7 Å². The number of benzene rings is 2. The molecule has 2 heterocycles. The van der Waals surface area contributed by atoms with Gasteiger partial charge in [-0.25, -0.2) is 0 Å². The Labute approximate surface area is 188 Å². The van der Waals surface area contributed by atoms with Crippen molar-refractivity contribution in [3.05, 3.63) is 89.7 Å². The van der Waals surface area contributed by atoms with Gasteiger partial charge in [0.25, 0.3) is 5.91 Å². The Morgan fingerprint density at radius 3 is 2.56 bits per heavy atom. The van der Waals surface area contributed by atoms with Crippen LogP contribution < -0.4 is 9.64 Å². The molecular weight excluding hydrogens is 402 g/mol. The number of nitrogens with zero attached hydrogens (tertiary/aromatic N) is 3. The molecule has 0 saturated heterocycles. The van der Waals surface area contributed by atoms with Crippen LogP contribution >= 0.6 is 0 Å². The lowest BCUT2D eigenvalue weighted by Gasteiger charge is -2.35. The second-order valence-corrected chi connectivity index (χ2v) is 7.97. The number of fused-ring (bicyclic) bond motifs is 1. The first-order valence-electron chi connectivity index (χ1n) is 10.9. The van der Waals surface area contributed by atoms with Crippen molar-refractivity contribution in [1.82, 2.24) is 9.88 Å². The fourth-order valence-corrected chi connectivity index (χ4v) is 3.81. The summed E-state index contributed by atoms with van der Waals surface area (Å²) in [6.45, 7) is 4.62. The second kappa shape index (κ2) is 9.64. The van der Waals surface area contributed by atoms with E-state index in [-0.39, 0.29) is 18.4 Å². The number of aryl methyl sites for hydroxylation is 1. The maximum absolute atomic E-state index is 13.5. The minimum Gasteiger partial charge on any atom is -0.478 e. The number of hydrogen-bond donors (Lipinski definition) is 0. The fraction of sp³-hybridized carbons (Fsp3) is 0.269. The van der Waals surface area contributed by atoms with Crippen molar-refractivity contribution >= 4 is 17.5 Å². The van der Waals surface area contributed by atoms with Crippen molar-refractivity contribution in [2.24, 2.45) is 0 Å². The quantitative estimate of drug-likeness (QED) is 0.567. The van der Waals surface area contributed by atoms with E-state index in [2.05, 4.69) is 4.98 Å². The van der Waals surface area contributed by atoms with Crippen molar-refractivity contribution in [1.29, 1.82) is 0 Å². The SMILES string of the molecule is CC[C@H]1Oc2ccc(C)cc2N(CC(=O)N(Cc2ccccc2)Cc2ccccn2)C1=O. The number of hydrogen-bond acceptors (Lipinski definition) is 4. The van der Waals surface area contributed by atoms with Gasteiger partial charge in [0.05, 0.1) is 17.9 Å². The van der Waals surface area contributed by atoms with Gasteiger partial charge in [-0.2, -0.15) is 0 Å². The van der Waals surface area contributed by atoms with Gasteiger partial charge in [-0.3, -0.25) is 19.5 Å². The molecule has 0 bridgehead atoms.